The third-order valence-electron chi connectivity index (χ3n) is 5.55. The maximum Gasteiger partial charge on any atom is 0.414 e. The summed E-state index contributed by atoms with van der Waals surface area (Å²) in [7, 11) is 0. The van der Waals surface area contributed by atoms with Gasteiger partial charge in [-0.05, 0) is 71.6 Å². The van der Waals surface area contributed by atoms with E-state index in [1.165, 1.54) is 0 Å². The number of ether oxygens (including phenoxy) is 2. The summed E-state index contributed by atoms with van der Waals surface area (Å²) < 4.78 is 11.2. The van der Waals surface area contributed by atoms with Gasteiger partial charge in [0.25, 0.3) is 0 Å². The molecule has 1 N–H and O–H groups in total. The van der Waals surface area contributed by atoms with E-state index in [0.717, 1.165) is 29.7 Å². The molecule has 7 nitrogen and oxygen atoms in total. The molecule has 0 aliphatic carbocycles. The van der Waals surface area contributed by atoms with Crippen molar-refractivity contribution < 1.29 is 24.2 Å². The first-order valence-electron chi connectivity index (χ1n) is 10.6. The minimum absolute atomic E-state index is 0.0884. The third kappa shape index (κ3) is 4.72. The highest BCUT2D eigenvalue weighted by molar-refractivity contribution is 5.92. The minimum Gasteiger partial charge on any atom is -0.444 e. The van der Waals surface area contributed by atoms with Crippen molar-refractivity contribution in [2.45, 2.75) is 77.6 Å². The van der Waals surface area contributed by atoms with Crippen molar-refractivity contribution in [1.29, 1.82) is 0 Å². The van der Waals surface area contributed by atoms with Crippen molar-refractivity contribution in [3.63, 3.8) is 0 Å². The molecule has 0 unspecified atom stereocenters. The number of hydrogen-bond acceptors (Lipinski definition) is 5. The zero-order valence-corrected chi connectivity index (χ0v) is 18.9. The second-order valence-corrected chi connectivity index (χ2v) is 10.3. The Hall–Kier alpha value is -2.28. The van der Waals surface area contributed by atoms with Crippen LogP contribution in [0.15, 0.2) is 18.2 Å². The number of aliphatic hydroxyl groups is 1. The second kappa shape index (κ2) is 7.76. The van der Waals surface area contributed by atoms with Crippen molar-refractivity contribution in [2.24, 2.45) is 0 Å². The lowest BCUT2D eigenvalue weighted by Gasteiger charge is -2.40. The highest BCUT2D eigenvalue weighted by atomic mass is 16.6. The van der Waals surface area contributed by atoms with Gasteiger partial charge >= 0.3 is 12.2 Å². The molecule has 2 aliphatic rings. The number of hydrogen-bond donors (Lipinski definition) is 1. The van der Waals surface area contributed by atoms with Crippen LogP contribution >= 0.6 is 0 Å². The average Bonchev–Trinajstić information content (AvgIpc) is 2.93. The lowest BCUT2D eigenvalue weighted by molar-refractivity contribution is 0.0166. The largest absolute Gasteiger partial charge is 0.444 e. The summed E-state index contributed by atoms with van der Waals surface area (Å²) in [6.07, 6.45) is 0.786. The minimum atomic E-state index is -0.596. The maximum atomic E-state index is 12.9. The van der Waals surface area contributed by atoms with Crippen LogP contribution in [-0.4, -0.2) is 53.0 Å². The molecule has 1 aromatic rings. The van der Waals surface area contributed by atoms with Crippen LogP contribution in [0.3, 0.4) is 0 Å². The number of carbonyl (C=O) groups excluding carboxylic acids is 2. The van der Waals surface area contributed by atoms with Crippen LogP contribution in [0.1, 0.15) is 65.5 Å². The summed E-state index contributed by atoms with van der Waals surface area (Å²) >= 11 is 0. The van der Waals surface area contributed by atoms with Gasteiger partial charge in [-0.2, -0.15) is 0 Å². The van der Waals surface area contributed by atoms with E-state index in [9.17, 15) is 14.7 Å². The Kier molecular flexibility index (Phi) is 5.80. The van der Waals surface area contributed by atoms with Crippen molar-refractivity contribution in [3.8, 4) is 0 Å². The Morgan fingerprint density at radius 2 is 1.57 bits per heavy atom. The predicted octanol–water partition coefficient (Wildman–Crippen LogP) is 4.20. The van der Waals surface area contributed by atoms with Gasteiger partial charge in [-0.3, -0.25) is 4.90 Å². The number of fused-ring (bicyclic) bond motifs is 2. The molecular weight excluding hydrogens is 384 g/mol. The molecule has 3 rings (SSSR count). The summed E-state index contributed by atoms with van der Waals surface area (Å²) in [6, 6.07) is 5.78. The van der Waals surface area contributed by atoms with Crippen LogP contribution in [-0.2, 0) is 21.5 Å². The Morgan fingerprint density at radius 3 is 2.10 bits per heavy atom. The zero-order valence-electron chi connectivity index (χ0n) is 18.9. The smallest absolute Gasteiger partial charge is 0.414 e. The van der Waals surface area contributed by atoms with Gasteiger partial charge in [-0.25, -0.2) is 9.59 Å². The molecule has 0 bridgehead atoms. The van der Waals surface area contributed by atoms with Gasteiger partial charge in [0, 0.05) is 25.0 Å². The average molecular weight is 419 g/mol. The highest BCUT2D eigenvalue weighted by Crippen LogP contribution is 2.48. The number of anilines is 1. The number of piperidine rings is 1. The van der Waals surface area contributed by atoms with Crippen LogP contribution in [0.4, 0.5) is 15.3 Å². The molecule has 1 spiro atoms. The van der Waals surface area contributed by atoms with E-state index in [0.29, 0.717) is 19.6 Å². The van der Waals surface area contributed by atoms with Crippen LogP contribution in [0.5, 0.6) is 0 Å². The quantitative estimate of drug-likeness (QED) is 0.739. The standard InChI is InChI=1S/C23H34N2O5/c1-21(2,3)29-19(27)24-11-9-23(10-12-24)15-25(20(28)30-22(4,5)6)18-13-16(14-26)7-8-17(18)23/h7-8,13,26H,9-12,14-15H2,1-6H3. The van der Waals surface area contributed by atoms with E-state index < -0.39 is 11.2 Å². The topological polar surface area (TPSA) is 79.3 Å². The molecule has 1 fully saturated rings. The number of aliphatic hydroxyl groups excluding tert-OH is 1. The molecule has 1 saturated heterocycles. The van der Waals surface area contributed by atoms with E-state index >= 15 is 0 Å². The Labute approximate surface area is 178 Å². The molecule has 0 atom stereocenters. The molecule has 0 aromatic heterocycles. The molecule has 2 aliphatic heterocycles. The van der Waals surface area contributed by atoms with Crippen LogP contribution < -0.4 is 4.90 Å². The first kappa shape index (κ1) is 22.4. The highest BCUT2D eigenvalue weighted by Gasteiger charge is 2.48. The van der Waals surface area contributed by atoms with E-state index in [1.54, 1.807) is 9.80 Å². The van der Waals surface area contributed by atoms with Crippen molar-refractivity contribution in [1.82, 2.24) is 4.90 Å². The maximum absolute atomic E-state index is 12.9. The van der Waals surface area contributed by atoms with Crippen molar-refractivity contribution in [2.75, 3.05) is 24.5 Å². The molecule has 2 amide bonds. The van der Waals surface area contributed by atoms with E-state index in [-0.39, 0.29) is 24.2 Å². The van der Waals surface area contributed by atoms with E-state index in [1.807, 2.05) is 59.7 Å². The number of amides is 2. The number of nitrogens with zero attached hydrogens (tertiary/aromatic N) is 2. The van der Waals surface area contributed by atoms with Gasteiger partial charge < -0.3 is 19.5 Å². The van der Waals surface area contributed by atoms with Gasteiger partial charge in [0.05, 0.1) is 12.3 Å². The van der Waals surface area contributed by atoms with Gasteiger partial charge in [0.15, 0.2) is 0 Å². The molecule has 2 heterocycles. The van der Waals surface area contributed by atoms with Gasteiger partial charge in [0.2, 0.25) is 0 Å². The number of carbonyl (C=O) groups is 2. The zero-order chi connectivity index (χ0) is 22.3. The van der Waals surface area contributed by atoms with Gasteiger partial charge in [-0.1, -0.05) is 12.1 Å². The number of likely N-dealkylation sites (tertiary alicyclic amines) is 1. The first-order chi connectivity index (χ1) is 13.8. The lowest BCUT2D eigenvalue weighted by Crippen LogP contribution is -2.49. The Bertz CT molecular complexity index is 814. The van der Waals surface area contributed by atoms with E-state index in [2.05, 4.69) is 0 Å². The molecule has 7 heteroatoms. The van der Waals surface area contributed by atoms with Gasteiger partial charge in [0.1, 0.15) is 11.2 Å². The van der Waals surface area contributed by atoms with Crippen molar-refractivity contribution >= 4 is 17.9 Å². The van der Waals surface area contributed by atoms with Gasteiger partial charge in [-0.15, -0.1) is 0 Å². The normalized spacial score (nSPS) is 18.4. The summed E-state index contributed by atoms with van der Waals surface area (Å²) in [6.45, 7) is 12.7. The summed E-state index contributed by atoms with van der Waals surface area (Å²) in [5.41, 5.74) is 1.27. The number of rotatable bonds is 1. The van der Waals surface area contributed by atoms with Crippen LogP contribution in [0.2, 0.25) is 0 Å². The monoisotopic (exact) mass is 418 g/mol. The molecule has 30 heavy (non-hydrogen) atoms. The Balaban J connectivity index is 1.84. The van der Waals surface area contributed by atoms with Crippen LogP contribution in [0, 0.1) is 0 Å². The fourth-order valence-corrected chi connectivity index (χ4v) is 4.17. The summed E-state index contributed by atoms with van der Waals surface area (Å²) in [5.74, 6) is 0. The SMILES string of the molecule is CC(C)(C)OC(=O)N1CCC2(CC1)CN(C(=O)OC(C)(C)C)c1cc(CO)ccc12. The first-order valence-corrected chi connectivity index (χ1v) is 10.6. The lowest BCUT2D eigenvalue weighted by atomic mass is 9.74. The molecule has 1 aromatic carbocycles. The predicted molar refractivity (Wildman–Crippen MR) is 115 cm³/mol. The summed E-state index contributed by atoms with van der Waals surface area (Å²) in [5, 5.41) is 9.58. The molecule has 0 saturated carbocycles. The second-order valence-electron chi connectivity index (χ2n) is 10.3. The van der Waals surface area contributed by atoms with Crippen LogP contribution in [0.25, 0.3) is 0 Å². The third-order valence-corrected chi connectivity index (χ3v) is 5.55. The summed E-state index contributed by atoms with van der Waals surface area (Å²) in [4.78, 5) is 28.8. The van der Waals surface area contributed by atoms with Crippen molar-refractivity contribution in [3.05, 3.63) is 29.3 Å². The molecule has 0 radical (unpaired) electrons. The molecular formula is C23H34N2O5. The Morgan fingerprint density at radius 1 is 1.00 bits per heavy atom. The van der Waals surface area contributed by atoms with E-state index in [4.69, 9.17) is 9.47 Å². The fourth-order valence-electron chi connectivity index (χ4n) is 4.17. The number of benzene rings is 1. The molecule has 166 valence electrons. The fraction of sp³-hybridized carbons (Fsp3) is 0.652.